The molecule has 0 saturated carbocycles. The van der Waals surface area contributed by atoms with Crippen LogP contribution in [0.15, 0.2) is 16.7 Å². The number of ether oxygens (including phenoxy) is 1. The van der Waals surface area contributed by atoms with Gasteiger partial charge in [-0.15, -0.1) is 0 Å². The Kier molecular flexibility index (Phi) is 8.22. The second-order valence-electron chi connectivity index (χ2n) is 5.62. The minimum absolute atomic E-state index is 0.437. The van der Waals surface area contributed by atoms with E-state index in [-0.39, 0.29) is 0 Å². The van der Waals surface area contributed by atoms with Crippen LogP contribution in [0.25, 0.3) is 0 Å². The lowest BCUT2D eigenvalue weighted by molar-refractivity contribution is 0.203. The molecule has 0 aromatic carbocycles. The summed E-state index contributed by atoms with van der Waals surface area (Å²) < 4.78 is 6.27. The zero-order valence-corrected chi connectivity index (χ0v) is 15.4. The smallest absolute Gasteiger partial charge is 0.133 e. The van der Waals surface area contributed by atoms with E-state index in [2.05, 4.69) is 64.9 Å². The lowest BCUT2D eigenvalue weighted by Crippen LogP contribution is -2.37. The number of halogens is 1. The number of nitrogens with zero attached hydrogens (tertiary/aromatic N) is 2. The molecule has 1 aromatic heterocycles. The van der Waals surface area contributed by atoms with E-state index in [9.17, 15) is 0 Å². The van der Waals surface area contributed by atoms with Crippen LogP contribution >= 0.6 is 15.9 Å². The number of rotatable bonds is 9. The van der Waals surface area contributed by atoms with Crippen LogP contribution in [-0.4, -0.2) is 37.3 Å². The number of methoxy groups -OCH3 is 1. The maximum atomic E-state index is 5.26. The molecule has 120 valence electrons. The maximum Gasteiger partial charge on any atom is 0.133 e. The van der Waals surface area contributed by atoms with Crippen molar-refractivity contribution < 1.29 is 4.74 Å². The van der Waals surface area contributed by atoms with Gasteiger partial charge < -0.3 is 15.0 Å². The van der Waals surface area contributed by atoms with Crippen LogP contribution in [0.2, 0.25) is 0 Å². The van der Waals surface area contributed by atoms with Crippen molar-refractivity contribution in [1.82, 2.24) is 10.3 Å². The Balaban J connectivity index is 3.04. The summed E-state index contributed by atoms with van der Waals surface area (Å²) in [6.45, 7) is 11.1. The third-order valence-corrected chi connectivity index (χ3v) is 3.98. The lowest BCUT2D eigenvalue weighted by Gasteiger charge is -2.31. The highest BCUT2D eigenvalue weighted by Crippen LogP contribution is 2.24. The van der Waals surface area contributed by atoms with Gasteiger partial charge in [-0.1, -0.05) is 20.8 Å². The van der Waals surface area contributed by atoms with Crippen LogP contribution in [0.1, 0.15) is 39.7 Å². The van der Waals surface area contributed by atoms with Crippen LogP contribution in [-0.2, 0) is 11.3 Å². The highest BCUT2D eigenvalue weighted by molar-refractivity contribution is 9.10. The average Bonchev–Trinajstić information content (AvgIpc) is 2.46. The summed E-state index contributed by atoms with van der Waals surface area (Å²) in [5.74, 6) is 1.05. The summed E-state index contributed by atoms with van der Waals surface area (Å²) in [6, 6.07) is 3.04. The average molecular weight is 358 g/mol. The second kappa shape index (κ2) is 9.38. The van der Waals surface area contributed by atoms with Gasteiger partial charge in [0.15, 0.2) is 0 Å². The molecule has 0 radical (unpaired) electrons. The first-order valence-corrected chi connectivity index (χ1v) is 8.42. The van der Waals surface area contributed by atoms with Crippen LogP contribution in [0, 0.1) is 0 Å². The van der Waals surface area contributed by atoms with Gasteiger partial charge in [0.25, 0.3) is 0 Å². The van der Waals surface area contributed by atoms with E-state index in [0.29, 0.717) is 18.7 Å². The van der Waals surface area contributed by atoms with Gasteiger partial charge in [-0.2, -0.15) is 0 Å². The largest absolute Gasteiger partial charge is 0.383 e. The van der Waals surface area contributed by atoms with Gasteiger partial charge >= 0.3 is 0 Å². The van der Waals surface area contributed by atoms with E-state index in [0.717, 1.165) is 29.8 Å². The van der Waals surface area contributed by atoms with Crippen molar-refractivity contribution in [3.05, 3.63) is 22.3 Å². The first kappa shape index (κ1) is 18.4. The predicted octanol–water partition coefficient (Wildman–Crippen LogP) is 3.59. The molecule has 0 aliphatic rings. The molecule has 0 bridgehead atoms. The molecule has 0 amide bonds. The van der Waals surface area contributed by atoms with Crippen molar-refractivity contribution >= 4 is 21.7 Å². The Labute approximate surface area is 137 Å². The fourth-order valence-corrected chi connectivity index (χ4v) is 2.50. The van der Waals surface area contributed by atoms with Crippen molar-refractivity contribution in [3.63, 3.8) is 0 Å². The van der Waals surface area contributed by atoms with Crippen LogP contribution in [0.4, 0.5) is 5.82 Å². The Morgan fingerprint density at radius 3 is 2.67 bits per heavy atom. The Bertz CT molecular complexity index is 426. The van der Waals surface area contributed by atoms with Gasteiger partial charge in [0.2, 0.25) is 0 Å². The number of hydrogen-bond acceptors (Lipinski definition) is 4. The van der Waals surface area contributed by atoms with E-state index in [4.69, 9.17) is 4.74 Å². The van der Waals surface area contributed by atoms with E-state index in [1.807, 2.05) is 6.20 Å². The summed E-state index contributed by atoms with van der Waals surface area (Å²) in [5, 5.41) is 3.48. The fraction of sp³-hybridized carbons (Fsp3) is 0.688. The molecule has 0 aliphatic heterocycles. The minimum atomic E-state index is 0.437. The van der Waals surface area contributed by atoms with Gasteiger partial charge in [0, 0.05) is 48.5 Å². The maximum absolute atomic E-state index is 5.26. The molecule has 0 fully saturated rings. The molecule has 1 atom stereocenters. The molecule has 0 aliphatic carbocycles. The first-order valence-electron chi connectivity index (χ1n) is 7.62. The quantitative estimate of drug-likeness (QED) is 0.732. The normalized spacial score (nSPS) is 12.7. The van der Waals surface area contributed by atoms with Crippen LogP contribution in [0.3, 0.4) is 0 Å². The van der Waals surface area contributed by atoms with E-state index < -0.39 is 0 Å². The van der Waals surface area contributed by atoms with Crippen LogP contribution < -0.4 is 10.2 Å². The number of aromatic nitrogens is 1. The SMILES string of the molecule is CCC(C)N(CCOC)c1ncc(Br)cc1CNC(C)C. The van der Waals surface area contributed by atoms with Gasteiger partial charge in [0.1, 0.15) is 5.82 Å². The number of pyridine rings is 1. The first-order chi connectivity index (χ1) is 9.99. The third-order valence-electron chi connectivity index (χ3n) is 3.54. The van der Waals surface area contributed by atoms with Gasteiger partial charge in [-0.3, -0.25) is 0 Å². The van der Waals surface area contributed by atoms with Crippen molar-refractivity contribution in [2.24, 2.45) is 0 Å². The summed E-state index contributed by atoms with van der Waals surface area (Å²) in [7, 11) is 1.74. The molecule has 1 heterocycles. The highest BCUT2D eigenvalue weighted by Gasteiger charge is 2.18. The Morgan fingerprint density at radius 1 is 1.38 bits per heavy atom. The zero-order valence-electron chi connectivity index (χ0n) is 13.8. The highest BCUT2D eigenvalue weighted by atomic mass is 79.9. The van der Waals surface area contributed by atoms with Crippen molar-refractivity contribution in [3.8, 4) is 0 Å². The molecule has 1 N–H and O–H groups in total. The molecule has 1 rings (SSSR count). The molecular formula is C16H28BrN3O. The molecule has 21 heavy (non-hydrogen) atoms. The Hall–Kier alpha value is -0.650. The van der Waals surface area contributed by atoms with E-state index in [1.165, 1.54) is 5.56 Å². The zero-order chi connectivity index (χ0) is 15.8. The molecular weight excluding hydrogens is 330 g/mol. The van der Waals surface area contributed by atoms with Crippen LogP contribution in [0.5, 0.6) is 0 Å². The van der Waals surface area contributed by atoms with Gasteiger partial charge in [-0.05, 0) is 35.3 Å². The third kappa shape index (κ3) is 5.93. The van der Waals surface area contributed by atoms with Gasteiger partial charge in [0.05, 0.1) is 6.61 Å². The number of nitrogens with one attached hydrogen (secondary N) is 1. The monoisotopic (exact) mass is 357 g/mol. The lowest BCUT2D eigenvalue weighted by atomic mass is 10.1. The summed E-state index contributed by atoms with van der Waals surface area (Å²) in [6.07, 6.45) is 2.95. The minimum Gasteiger partial charge on any atom is -0.383 e. The summed E-state index contributed by atoms with van der Waals surface area (Å²) >= 11 is 3.53. The molecule has 4 nitrogen and oxygen atoms in total. The second-order valence-corrected chi connectivity index (χ2v) is 6.53. The van der Waals surface area contributed by atoms with Crippen molar-refractivity contribution in [2.45, 2.75) is 52.7 Å². The molecule has 1 unspecified atom stereocenters. The predicted molar refractivity (Wildman–Crippen MR) is 92.9 cm³/mol. The fourth-order valence-electron chi connectivity index (χ4n) is 2.12. The summed E-state index contributed by atoms with van der Waals surface area (Å²) in [5.41, 5.74) is 1.22. The molecule has 0 saturated heterocycles. The standard InChI is InChI=1S/C16H28BrN3O/c1-6-13(4)20(7-8-21-5)16-14(10-18-12(2)3)9-15(17)11-19-16/h9,11-13,18H,6-8,10H2,1-5H3. The molecule has 0 spiro atoms. The van der Waals surface area contributed by atoms with E-state index >= 15 is 0 Å². The molecule has 1 aromatic rings. The topological polar surface area (TPSA) is 37.4 Å². The van der Waals surface area contributed by atoms with Gasteiger partial charge in [-0.25, -0.2) is 4.98 Å². The molecule has 5 heteroatoms. The van der Waals surface area contributed by atoms with Crippen molar-refractivity contribution in [2.75, 3.05) is 25.2 Å². The van der Waals surface area contributed by atoms with E-state index in [1.54, 1.807) is 7.11 Å². The number of hydrogen-bond donors (Lipinski definition) is 1. The Morgan fingerprint density at radius 2 is 2.10 bits per heavy atom. The summed E-state index contributed by atoms with van der Waals surface area (Å²) in [4.78, 5) is 7.00. The number of anilines is 1. The van der Waals surface area contributed by atoms with Crippen molar-refractivity contribution in [1.29, 1.82) is 0 Å².